The third-order valence-corrected chi connectivity index (χ3v) is 3.02. The molecule has 0 saturated carbocycles. The van der Waals surface area contributed by atoms with E-state index in [0.29, 0.717) is 6.42 Å². The number of rotatable bonds is 3. The SMILES string of the molecule is N#CC(C#N)CCc1ccccc1I. The summed E-state index contributed by atoms with van der Waals surface area (Å²) in [4.78, 5) is 0. The zero-order valence-corrected chi connectivity index (χ0v) is 9.73. The Morgan fingerprint density at radius 3 is 2.43 bits per heavy atom. The molecule has 0 aliphatic rings. The van der Waals surface area contributed by atoms with Crippen LogP contribution in [0.4, 0.5) is 0 Å². The molecule has 2 nitrogen and oxygen atoms in total. The lowest BCUT2D eigenvalue weighted by molar-refractivity contribution is 0.729. The maximum atomic E-state index is 8.60. The first kappa shape index (κ1) is 11.0. The van der Waals surface area contributed by atoms with E-state index in [1.807, 2.05) is 36.4 Å². The predicted molar refractivity (Wildman–Crippen MR) is 62.2 cm³/mol. The molecule has 1 aromatic rings. The summed E-state index contributed by atoms with van der Waals surface area (Å²) >= 11 is 2.27. The maximum Gasteiger partial charge on any atom is 0.133 e. The lowest BCUT2D eigenvalue weighted by Gasteiger charge is -2.03. The van der Waals surface area contributed by atoms with E-state index in [1.54, 1.807) is 0 Å². The summed E-state index contributed by atoms with van der Waals surface area (Å²) in [6.07, 6.45) is 1.41. The first-order valence-electron chi connectivity index (χ1n) is 4.30. The minimum absolute atomic E-state index is 0.481. The van der Waals surface area contributed by atoms with Crippen LogP contribution in [0.25, 0.3) is 0 Å². The van der Waals surface area contributed by atoms with Gasteiger partial charge in [-0.3, -0.25) is 0 Å². The topological polar surface area (TPSA) is 47.6 Å². The second-order valence-corrected chi connectivity index (χ2v) is 4.10. The van der Waals surface area contributed by atoms with E-state index in [0.717, 1.165) is 6.42 Å². The summed E-state index contributed by atoms with van der Waals surface area (Å²) in [5.74, 6) is -0.481. The van der Waals surface area contributed by atoms with Gasteiger partial charge < -0.3 is 0 Å². The predicted octanol–water partition coefficient (Wildman–Crippen LogP) is 2.89. The van der Waals surface area contributed by atoms with Gasteiger partial charge in [0, 0.05) is 3.57 Å². The van der Waals surface area contributed by atoms with Crippen LogP contribution < -0.4 is 0 Å². The van der Waals surface area contributed by atoms with Crippen molar-refractivity contribution in [3.8, 4) is 12.1 Å². The fraction of sp³-hybridized carbons (Fsp3) is 0.273. The van der Waals surface area contributed by atoms with Crippen molar-refractivity contribution in [3.63, 3.8) is 0 Å². The molecule has 0 atom stereocenters. The minimum Gasteiger partial charge on any atom is -0.197 e. The standard InChI is InChI=1S/C11H9IN2/c12-11-4-2-1-3-10(11)6-5-9(7-13)8-14/h1-4,9H,5-6H2. The van der Waals surface area contributed by atoms with Crippen molar-refractivity contribution in [2.45, 2.75) is 12.8 Å². The van der Waals surface area contributed by atoms with E-state index in [4.69, 9.17) is 10.5 Å². The number of benzene rings is 1. The van der Waals surface area contributed by atoms with Crippen LogP contribution in [-0.2, 0) is 6.42 Å². The molecule has 1 rings (SSSR count). The Morgan fingerprint density at radius 2 is 1.86 bits per heavy atom. The summed E-state index contributed by atoms with van der Waals surface area (Å²) in [6.45, 7) is 0. The number of aryl methyl sites for hydroxylation is 1. The largest absolute Gasteiger partial charge is 0.197 e. The third-order valence-electron chi connectivity index (χ3n) is 1.97. The second kappa shape index (κ2) is 5.62. The summed E-state index contributed by atoms with van der Waals surface area (Å²) in [5.41, 5.74) is 1.21. The van der Waals surface area contributed by atoms with Gasteiger partial charge in [0.25, 0.3) is 0 Å². The van der Waals surface area contributed by atoms with Crippen LogP contribution in [0.15, 0.2) is 24.3 Å². The molecule has 0 aliphatic heterocycles. The number of nitrogens with zero attached hydrogens (tertiary/aromatic N) is 2. The van der Waals surface area contributed by atoms with Gasteiger partial charge in [0.2, 0.25) is 0 Å². The molecule has 70 valence electrons. The van der Waals surface area contributed by atoms with E-state index in [2.05, 4.69) is 22.6 Å². The highest BCUT2D eigenvalue weighted by Crippen LogP contribution is 2.15. The molecule has 0 amide bonds. The number of halogens is 1. The molecule has 0 heterocycles. The second-order valence-electron chi connectivity index (χ2n) is 2.94. The van der Waals surface area contributed by atoms with Gasteiger partial charge in [0.1, 0.15) is 5.92 Å². The zero-order chi connectivity index (χ0) is 10.4. The van der Waals surface area contributed by atoms with Gasteiger partial charge in [0.05, 0.1) is 12.1 Å². The number of hydrogen-bond acceptors (Lipinski definition) is 2. The molecular formula is C11H9IN2. The molecule has 0 spiro atoms. The monoisotopic (exact) mass is 296 g/mol. The van der Waals surface area contributed by atoms with Crippen molar-refractivity contribution in [2.75, 3.05) is 0 Å². The maximum absolute atomic E-state index is 8.60. The van der Waals surface area contributed by atoms with Crippen LogP contribution in [0.1, 0.15) is 12.0 Å². The molecule has 3 heteroatoms. The van der Waals surface area contributed by atoms with E-state index < -0.39 is 5.92 Å². The van der Waals surface area contributed by atoms with E-state index >= 15 is 0 Å². The van der Waals surface area contributed by atoms with Crippen molar-refractivity contribution in [3.05, 3.63) is 33.4 Å². The Labute approximate surface area is 97.3 Å². The molecule has 0 aromatic heterocycles. The molecule has 0 radical (unpaired) electrons. The van der Waals surface area contributed by atoms with Crippen LogP contribution in [0.2, 0.25) is 0 Å². The first-order valence-corrected chi connectivity index (χ1v) is 5.38. The third kappa shape index (κ3) is 3.01. The summed E-state index contributed by atoms with van der Waals surface area (Å²) in [5, 5.41) is 17.2. The van der Waals surface area contributed by atoms with E-state index in [1.165, 1.54) is 9.13 Å². The normalized spacial score (nSPS) is 9.43. The lowest BCUT2D eigenvalue weighted by Crippen LogP contribution is -1.97. The van der Waals surface area contributed by atoms with E-state index in [9.17, 15) is 0 Å². The smallest absolute Gasteiger partial charge is 0.133 e. The Bertz CT molecular complexity index is 373. The van der Waals surface area contributed by atoms with Gasteiger partial charge in [-0.2, -0.15) is 10.5 Å². The molecule has 0 fully saturated rings. The zero-order valence-electron chi connectivity index (χ0n) is 7.57. The molecule has 0 N–H and O–H groups in total. The number of nitriles is 2. The van der Waals surface area contributed by atoms with Crippen LogP contribution >= 0.6 is 22.6 Å². The van der Waals surface area contributed by atoms with Gasteiger partial charge in [-0.1, -0.05) is 18.2 Å². The highest BCUT2D eigenvalue weighted by atomic mass is 127. The average Bonchev–Trinajstić information content (AvgIpc) is 2.22. The molecular weight excluding hydrogens is 287 g/mol. The van der Waals surface area contributed by atoms with Gasteiger partial charge >= 0.3 is 0 Å². The fourth-order valence-electron chi connectivity index (χ4n) is 1.16. The molecule has 14 heavy (non-hydrogen) atoms. The van der Waals surface area contributed by atoms with Gasteiger partial charge in [0.15, 0.2) is 0 Å². The molecule has 0 unspecified atom stereocenters. The van der Waals surface area contributed by atoms with E-state index in [-0.39, 0.29) is 0 Å². The first-order chi connectivity index (χ1) is 6.77. The van der Waals surface area contributed by atoms with Gasteiger partial charge in [-0.25, -0.2) is 0 Å². The Morgan fingerprint density at radius 1 is 1.21 bits per heavy atom. The van der Waals surface area contributed by atoms with Gasteiger partial charge in [-0.05, 0) is 47.1 Å². The van der Waals surface area contributed by atoms with Crippen LogP contribution in [0, 0.1) is 32.2 Å². The van der Waals surface area contributed by atoms with Crippen molar-refractivity contribution >= 4 is 22.6 Å². The molecule has 0 bridgehead atoms. The minimum atomic E-state index is -0.481. The van der Waals surface area contributed by atoms with Gasteiger partial charge in [-0.15, -0.1) is 0 Å². The Balaban J connectivity index is 2.60. The van der Waals surface area contributed by atoms with Crippen molar-refractivity contribution in [2.24, 2.45) is 5.92 Å². The summed E-state index contributed by atoms with van der Waals surface area (Å²) in [6, 6.07) is 12.0. The van der Waals surface area contributed by atoms with Crippen LogP contribution in [0.3, 0.4) is 0 Å². The molecule has 1 aromatic carbocycles. The number of hydrogen-bond donors (Lipinski definition) is 0. The Hall–Kier alpha value is -1.07. The van der Waals surface area contributed by atoms with Crippen molar-refractivity contribution in [1.29, 1.82) is 10.5 Å². The molecule has 0 saturated heterocycles. The lowest BCUT2D eigenvalue weighted by atomic mass is 10.0. The Kier molecular flexibility index (Phi) is 4.42. The highest BCUT2D eigenvalue weighted by Gasteiger charge is 2.06. The van der Waals surface area contributed by atoms with Crippen molar-refractivity contribution in [1.82, 2.24) is 0 Å². The quantitative estimate of drug-likeness (QED) is 0.805. The van der Waals surface area contributed by atoms with Crippen LogP contribution in [-0.4, -0.2) is 0 Å². The average molecular weight is 296 g/mol. The summed E-state index contributed by atoms with van der Waals surface area (Å²) < 4.78 is 1.19. The van der Waals surface area contributed by atoms with Crippen LogP contribution in [0.5, 0.6) is 0 Å². The summed E-state index contributed by atoms with van der Waals surface area (Å²) in [7, 11) is 0. The fourth-order valence-corrected chi connectivity index (χ4v) is 1.82. The molecule has 0 aliphatic carbocycles. The highest BCUT2D eigenvalue weighted by molar-refractivity contribution is 14.1. The van der Waals surface area contributed by atoms with Crippen molar-refractivity contribution < 1.29 is 0 Å².